The lowest BCUT2D eigenvalue weighted by molar-refractivity contribution is -0.130. The lowest BCUT2D eigenvalue weighted by Gasteiger charge is -2.32. The molecule has 5 nitrogen and oxygen atoms in total. The van der Waals surface area contributed by atoms with Gasteiger partial charge in [-0.1, -0.05) is 25.8 Å². The molecule has 29 heavy (non-hydrogen) atoms. The second-order valence-corrected chi connectivity index (χ2v) is 8.92. The van der Waals surface area contributed by atoms with E-state index < -0.39 is 0 Å². The van der Waals surface area contributed by atoms with Gasteiger partial charge in [0.05, 0.1) is 0 Å². The number of carbonyl (C=O) groups is 3. The molecule has 160 valence electrons. The predicted molar refractivity (Wildman–Crippen MR) is 114 cm³/mol. The van der Waals surface area contributed by atoms with Crippen LogP contribution < -0.4 is 0 Å². The summed E-state index contributed by atoms with van der Waals surface area (Å²) in [4.78, 5) is 40.4. The maximum absolute atomic E-state index is 13.2. The van der Waals surface area contributed by atoms with Crippen molar-refractivity contribution in [1.29, 1.82) is 0 Å². The van der Waals surface area contributed by atoms with Crippen molar-refractivity contribution in [2.75, 3.05) is 19.6 Å². The van der Waals surface area contributed by atoms with Crippen LogP contribution in [0.25, 0.3) is 0 Å². The molecule has 1 saturated heterocycles. The van der Waals surface area contributed by atoms with Crippen LogP contribution in [0.2, 0.25) is 0 Å². The van der Waals surface area contributed by atoms with Crippen molar-refractivity contribution < 1.29 is 14.4 Å². The van der Waals surface area contributed by atoms with E-state index in [1.165, 1.54) is 5.57 Å². The number of piperidine rings is 1. The summed E-state index contributed by atoms with van der Waals surface area (Å²) in [6, 6.07) is 0. The number of ketones is 1. The molecule has 0 radical (unpaired) electrons. The molecule has 2 amide bonds. The van der Waals surface area contributed by atoms with Crippen molar-refractivity contribution in [3.05, 3.63) is 23.4 Å². The number of carbonyl (C=O) groups excluding carboxylic acids is 3. The minimum Gasteiger partial charge on any atom is -0.343 e. The summed E-state index contributed by atoms with van der Waals surface area (Å²) in [5.41, 5.74) is 2.38. The van der Waals surface area contributed by atoms with Crippen LogP contribution in [0.3, 0.4) is 0 Å². The molecular weight excluding hydrogens is 364 g/mol. The third-order valence-electron chi connectivity index (χ3n) is 7.05. The van der Waals surface area contributed by atoms with Gasteiger partial charge in [-0.15, -0.1) is 0 Å². The van der Waals surface area contributed by atoms with E-state index in [9.17, 15) is 14.4 Å². The lowest BCUT2D eigenvalue weighted by atomic mass is 9.74. The maximum Gasteiger partial charge on any atom is 0.223 e. The minimum atomic E-state index is -0.0375. The number of amides is 2. The Hall–Kier alpha value is -1.91. The fraction of sp³-hybridized carbons (Fsp3) is 0.708. The highest BCUT2D eigenvalue weighted by molar-refractivity contribution is 5.84. The van der Waals surface area contributed by atoms with Gasteiger partial charge in [0.25, 0.3) is 0 Å². The predicted octanol–water partition coefficient (Wildman–Crippen LogP) is 4.09. The zero-order valence-corrected chi connectivity index (χ0v) is 18.3. The van der Waals surface area contributed by atoms with E-state index in [-0.39, 0.29) is 23.7 Å². The van der Waals surface area contributed by atoms with Crippen LogP contribution in [-0.2, 0) is 14.4 Å². The highest BCUT2D eigenvalue weighted by Crippen LogP contribution is 2.41. The third kappa shape index (κ3) is 4.99. The molecule has 0 spiro atoms. The van der Waals surface area contributed by atoms with E-state index in [0.717, 1.165) is 70.3 Å². The summed E-state index contributed by atoms with van der Waals surface area (Å²) in [6.45, 7) is 7.85. The summed E-state index contributed by atoms with van der Waals surface area (Å²) in [5.74, 6) is 1.37. The molecule has 0 bridgehead atoms. The van der Waals surface area contributed by atoms with Crippen molar-refractivity contribution >= 4 is 17.6 Å². The monoisotopic (exact) mass is 400 g/mol. The Morgan fingerprint density at radius 2 is 1.76 bits per heavy atom. The average molecular weight is 401 g/mol. The fourth-order valence-corrected chi connectivity index (χ4v) is 5.26. The first-order valence-electron chi connectivity index (χ1n) is 11.4. The first kappa shape index (κ1) is 21.8. The van der Waals surface area contributed by atoms with E-state index in [1.807, 2.05) is 15.9 Å². The smallest absolute Gasteiger partial charge is 0.223 e. The van der Waals surface area contributed by atoms with Gasteiger partial charge in [-0.3, -0.25) is 14.4 Å². The van der Waals surface area contributed by atoms with Crippen LogP contribution in [-0.4, -0.2) is 47.0 Å². The number of hydrogen-bond acceptors (Lipinski definition) is 3. The number of allylic oxidation sites excluding steroid dienone is 2. The highest BCUT2D eigenvalue weighted by atomic mass is 16.2. The topological polar surface area (TPSA) is 57.7 Å². The average Bonchev–Trinajstić information content (AvgIpc) is 3.15. The molecule has 2 aliphatic heterocycles. The van der Waals surface area contributed by atoms with Crippen LogP contribution >= 0.6 is 0 Å². The standard InChI is InChI=1S/C24H36N2O3/c1-4-5-6-20-21-13-16-26(18(3)28)23(21)9-8-22(20)24(29)10-7-19-11-14-25(15-12-19)17(2)27/h8-9,19-20,22H,4-7,10-16H2,1-3H3. The first-order valence-corrected chi connectivity index (χ1v) is 11.4. The quantitative estimate of drug-likeness (QED) is 0.647. The molecule has 0 saturated carbocycles. The molecule has 2 atom stereocenters. The molecule has 0 aromatic carbocycles. The summed E-state index contributed by atoms with van der Waals surface area (Å²) in [5, 5.41) is 0. The molecule has 1 aliphatic carbocycles. The Morgan fingerprint density at radius 3 is 2.38 bits per heavy atom. The molecule has 3 aliphatic rings. The first-order chi connectivity index (χ1) is 13.9. The molecule has 0 N–H and O–H groups in total. The van der Waals surface area contributed by atoms with E-state index in [4.69, 9.17) is 0 Å². The third-order valence-corrected chi connectivity index (χ3v) is 7.05. The van der Waals surface area contributed by atoms with Crippen LogP contribution in [0, 0.1) is 17.8 Å². The lowest BCUT2D eigenvalue weighted by Crippen LogP contribution is -2.37. The number of nitrogens with zero attached hydrogens (tertiary/aromatic N) is 2. The van der Waals surface area contributed by atoms with Gasteiger partial charge >= 0.3 is 0 Å². The summed E-state index contributed by atoms with van der Waals surface area (Å²) in [7, 11) is 0. The highest BCUT2D eigenvalue weighted by Gasteiger charge is 2.37. The van der Waals surface area contributed by atoms with E-state index in [0.29, 0.717) is 18.1 Å². The molecule has 5 heteroatoms. The van der Waals surface area contributed by atoms with Gasteiger partial charge < -0.3 is 9.80 Å². The van der Waals surface area contributed by atoms with Crippen molar-refractivity contribution in [3.63, 3.8) is 0 Å². The Labute approximate surface area is 175 Å². The summed E-state index contributed by atoms with van der Waals surface area (Å²) in [6.07, 6.45) is 11.8. The molecule has 0 aromatic rings. The summed E-state index contributed by atoms with van der Waals surface area (Å²) < 4.78 is 0. The van der Waals surface area contributed by atoms with Crippen molar-refractivity contribution in [2.45, 2.75) is 72.1 Å². The number of unbranched alkanes of at least 4 members (excludes halogenated alkanes) is 1. The normalized spacial score (nSPS) is 24.8. The number of likely N-dealkylation sites (tertiary alicyclic amines) is 1. The zero-order valence-electron chi connectivity index (χ0n) is 18.3. The molecule has 0 aromatic heterocycles. The van der Waals surface area contributed by atoms with E-state index >= 15 is 0 Å². The fourth-order valence-electron chi connectivity index (χ4n) is 5.26. The Kier molecular flexibility index (Phi) is 7.31. The number of rotatable bonds is 7. The van der Waals surface area contributed by atoms with Crippen LogP contribution in [0.4, 0.5) is 0 Å². The Balaban J connectivity index is 1.61. The molecule has 2 heterocycles. The van der Waals surface area contributed by atoms with Gasteiger partial charge in [-0.2, -0.15) is 0 Å². The molecule has 3 rings (SSSR count). The SMILES string of the molecule is CCCCC1C2=C(C=CC1C(=O)CCC1CCN(C(C)=O)CC1)N(C(C)=O)CC2. The van der Waals surface area contributed by atoms with E-state index in [2.05, 4.69) is 13.0 Å². The summed E-state index contributed by atoms with van der Waals surface area (Å²) >= 11 is 0. The van der Waals surface area contributed by atoms with Gasteiger partial charge in [0.15, 0.2) is 0 Å². The Bertz CT molecular complexity index is 701. The van der Waals surface area contributed by atoms with Crippen molar-refractivity contribution in [3.8, 4) is 0 Å². The van der Waals surface area contributed by atoms with Gasteiger partial charge in [-0.05, 0) is 55.6 Å². The largest absolute Gasteiger partial charge is 0.343 e. The molecular formula is C24H36N2O3. The Morgan fingerprint density at radius 1 is 1.03 bits per heavy atom. The van der Waals surface area contributed by atoms with Gasteiger partial charge in [0.2, 0.25) is 11.8 Å². The number of hydrogen-bond donors (Lipinski definition) is 0. The van der Waals surface area contributed by atoms with Gasteiger partial charge in [0.1, 0.15) is 5.78 Å². The van der Waals surface area contributed by atoms with Crippen LogP contribution in [0.5, 0.6) is 0 Å². The van der Waals surface area contributed by atoms with Crippen LogP contribution in [0.15, 0.2) is 23.4 Å². The van der Waals surface area contributed by atoms with Crippen molar-refractivity contribution in [2.24, 2.45) is 17.8 Å². The molecule has 2 unspecified atom stereocenters. The van der Waals surface area contributed by atoms with Crippen LogP contribution in [0.1, 0.15) is 72.1 Å². The maximum atomic E-state index is 13.2. The number of Topliss-reactive ketones (excluding diaryl/α,β-unsaturated/α-hetero) is 1. The van der Waals surface area contributed by atoms with Gasteiger partial charge in [-0.25, -0.2) is 0 Å². The second kappa shape index (κ2) is 9.73. The van der Waals surface area contributed by atoms with E-state index in [1.54, 1.807) is 13.8 Å². The second-order valence-electron chi connectivity index (χ2n) is 8.92. The minimum absolute atomic E-state index is 0.0375. The van der Waals surface area contributed by atoms with Crippen molar-refractivity contribution in [1.82, 2.24) is 9.80 Å². The van der Waals surface area contributed by atoms with Gasteiger partial charge in [0, 0.05) is 51.5 Å². The zero-order chi connectivity index (χ0) is 21.0. The molecule has 1 fully saturated rings.